The van der Waals surface area contributed by atoms with Crippen molar-refractivity contribution in [2.75, 3.05) is 6.61 Å². The molecule has 2 aromatic rings. The van der Waals surface area contributed by atoms with Crippen LogP contribution in [0.15, 0.2) is 54.6 Å². The minimum Gasteiger partial charge on any atom is -0.508 e. The summed E-state index contributed by atoms with van der Waals surface area (Å²) in [7, 11) is 0. The van der Waals surface area contributed by atoms with Crippen molar-refractivity contribution in [2.24, 2.45) is 0 Å². The van der Waals surface area contributed by atoms with E-state index in [4.69, 9.17) is 4.74 Å². The Morgan fingerprint density at radius 2 is 1.61 bits per heavy atom. The molecule has 0 amide bonds. The van der Waals surface area contributed by atoms with E-state index in [1.54, 1.807) is 24.3 Å². The van der Waals surface area contributed by atoms with Crippen LogP contribution in [0.1, 0.15) is 25.5 Å². The summed E-state index contributed by atoms with van der Waals surface area (Å²) in [5.74, 6) is 1.03. The molecule has 5 heteroatoms. The maximum Gasteiger partial charge on any atom is 0.119 e. The highest BCUT2D eigenvalue weighted by atomic mass is 35.5. The minimum absolute atomic E-state index is 0. The number of benzene rings is 2. The summed E-state index contributed by atoms with van der Waals surface area (Å²) in [6.07, 6.45) is -0.639. The monoisotopic (exact) mass is 337 g/mol. The lowest BCUT2D eigenvalue weighted by Crippen LogP contribution is -2.41. The largest absolute Gasteiger partial charge is 0.508 e. The third kappa shape index (κ3) is 6.10. The number of ether oxygens (including phenoxy) is 1. The van der Waals surface area contributed by atoms with Gasteiger partial charge in [0.05, 0.1) is 6.10 Å². The van der Waals surface area contributed by atoms with Gasteiger partial charge in [-0.05, 0) is 43.7 Å². The maximum atomic E-state index is 10.3. The number of phenols is 1. The normalized spacial score (nSPS) is 14.4. The quantitative estimate of drug-likeness (QED) is 0.725. The second-order valence-corrected chi connectivity index (χ2v) is 5.52. The molecule has 0 aliphatic rings. The molecule has 3 atom stereocenters. The van der Waals surface area contributed by atoms with Gasteiger partial charge in [-0.15, -0.1) is 12.4 Å². The van der Waals surface area contributed by atoms with E-state index in [1.807, 2.05) is 44.2 Å². The van der Waals surface area contributed by atoms with E-state index in [9.17, 15) is 10.2 Å². The lowest BCUT2D eigenvalue weighted by atomic mass is 10.0. The number of phenolic OH excluding ortho intramolecular Hbond substituents is 1. The summed E-state index contributed by atoms with van der Waals surface area (Å²) in [5.41, 5.74) is 0.772. The van der Waals surface area contributed by atoms with Gasteiger partial charge in [-0.2, -0.15) is 0 Å². The van der Waals surface area contributed by atoms with Crippen LogP contribution in [-0.2, 0) is 0 Å². The molecule has 23 heavy (non-hydrogen) atoms. The Bertz CT molecular complexity index is 562. The average molecular weight is 338 g/mol. The van der Waals surface area contributed by atoms with E-state index in [2.05, 4.69) is 5.32 Å². The van der Waals surface area contributed by atoms with E-state index >= 15 is 0 Å². The second kappa shape index (κ2) is 9.40. The highest BCUT2D eigenvalue weighted by Gasteiger charge is 2.18. The first-order valence-corrected chi connectivity index (χ1v) is 7.47. The smallest absolute Gasteiger partial charge is 0.119 e. The van der Waals surface area contributed by atoms with Crippen molar-refractivity contribution < 1.29 is 14.9 Å². The fourth-order valence-electron chi connectivity index (χ4n) is 2.29. The predicted octanol–water partition coefficient (Wildman–Crippen LogP) is 3.29. The first-order valence-electron chi connectivity index (χ1n) is 7.47. The number of nitrogens with one attached hydrogen (secondary N) is 1. The van der Waals surface area contributed by atoms with Crippen LogP contribution < -0.4 is 10.1 Å². The van der Waals surface area contributed by atoms with Crippen LogP contribution in [0.5, 0.6) is 11.5 Å². The number of aliphatic hydroxyl groups excluding tert-OH is 1. The zero-order valence-corrected chi connectivity index (χ0v) is 14.2. The summed E-state index contributed by atoms with van der Waals surface area (Å²) in [4.78, 5) is 0. The molecule has 2 unspecified atom stereocenters. The zero-order chi connectivity index (χ0) is 15.9. The zero-order valence-electron chi connectivity index (χ0n) is 13.3. The molecule has 0 saturated heterocycles. The van der Waals surface area contributed by atoms with Crippen LogP contribution in [0.3, 0.4) is 0 Å². The minimum atomic E-state index is -0.639. The second-order valence-electron chi connectivity index (χ2n) is 5.52. The molecule has 0 radical (unpaired) electrons. The maximum absolute atomic E-state index is 10.3. The van der Waals surface area contributed by atoms with Gasteiger partial charge in [-0.3, -0.25) is 0 Å². The van der Waals surface area contributed by atoms with Crippen molar-refractivity contribution in [1.82, 2.24) is 5.32 Å². The summed E-state index contributed by atoms with van der Waals surface area (Å²) in [6.45, 7) is 4.47. The Morgan fingerprint density at radius 1 is 1.00 bits per heavy atom. The van der Waals surface area contributed by atoms with Crippen LogP contribution in [0.4, 0.5) is 0 Å². The summed E-state index contributed by atoms with van der Waals surface area (Å²) < 4.78 is 5.69. The molecule has 0 bridgehead atoms. The van der Waals surface area contributed by atoms with Gasteiger partial charge in [0.2, 0.25) is 0 Å². The lowest BCUT2D eigenvalue weighted by Gasteiger charge is -2.25. The molecular formula is C18H24ClNO3. The van der Waals surface area contributed by atoms with Crippen molar-refractivity contribution >= 4 is 12.4 Å². The third-order valence-corrected chi connectivity index (χ3v) is 3.50. The third-order valence-electron chi connectivity index (χ3n) is 3.50. The molecule has 0 saturated carbocycles. The van der Waals surface area contributed by atoms with Gasteiger partial charge in [-0.25, -0.2) is 0 Å². The molecule has 0 aliphatic carbocycles. The molecule has 3 N–H and O–H groups in total. The van der Waals surface area contributed by atoms with E-state index in [0.717, 1.165) is 11.3 Å². The molecular weight excluding hydrogens is 314 g/mol. The van der Waals surface area contributed by atoms with Crippen LogP contribution in [0.2, 0.25) is 0 Å². The van der Waals surface area contributed by atoms with Crippen molar-refractivity contribution in [3.05, 3.63) is 60.2 Å². The summed E-state index contributed by atoms with van der Waals surface area (Å²) in [6, 6.07) is 16.2. The van der Waals surface area contributed by atoms with Gasteiger partial charge in [-0.1, -0.05) is 30.3 Å². The number of hydrogen-bond acceptors (Lipinski definition) is 4. The number of aromatic hydroxyl groups is 1. The molecule has 0 heterocycles. The number of rotatable bonds is 7. The van der Waals surface area contributed by atoms with Gasteiger partial charge in [0.15, 0.2) is 0 Å². The molecule has 2 aromatic carbocycles. The van der Waals surface area contributed by atoms with Crippen LogP contribution in [-0.4, -0.2) is 28.9 Å². The Hall–Kier alpha value is -1.75. The molecule has 4 nitrogen and oxygen atoms in total. The van der Waals surface area contributed by atoms with Crippen molar-refractivity contribution in [1.29, 1.82) is 0 Å². The van der Waals surface area contributed by atoms with E-state index < -0.39 is 6.10 Å². The molecule has 0 aromatic heterocycles. The van der Waals surface area contributed by atoms with Gasteiger partial charge < -0.3 is 20.3 Å². The molecule has 0 spiro atoms. The first-order chi connectivity index (χ1) is 10.6. The van der Waals surface area contributed by atoms with Crippen LogP contribution >= 0.6 is 12.4 Å². The molecule has 0 aliphatic heterocycles. The Labute approximate surface area is 143 Å². The van der Waals surface area contributed by atoms with Crippen LogP contribution in [0, 0.1) is 0 Å². The Morgan fingerprint density at radius 3 is 2.22 bits per heavy atom. The average Bonchev–Trinajstić information content (AvgIpc) is 2.54. The van der Waals surface area contributed by atoms with Crippen LogP contribution in [0.25, 0.3) is 0 Å². The van der Waals surface area contributed by atoms with E-state index in [1.165, 1.54) is 0 Å². The molecule has 2 rings (SSSR count). The predicted molar refractivity (Wildman–Crippen MR) is 94.3 cm³/mol. The van der Waals surface area contributed by atoms with Gasteiger partial charge >= 0.3 is 0 Å². The summed E-state index contributed by atoms with van der Waals surface area (Å²) >= 11 is 0. The van der Waals surface area contributed by atoms with Gasteiger partial charge in [0, 0.05) is 12.1 Å². The van der Waals surface area contributed by atoms with Crippen molar-refractivity contribution in [2.45, 2.75) is 32.0 Å². The fraction of sp³-hybridized carbons (Fsp3) is 0.333. The van der Waals surface area contributed by atoms with Gasteiger partial charge in [0.25, 0.3) is 0 Å². The Kier molecular flexibility index (Phi) is 7.89. The Balaban J connectivity index is 0.00000264. The molecule has 0 fully saturated rings. The van der Waals surface area contributed by atoms with E-state index in [0.29, 0.717) is 6.61 Å². The SMILES string of the molecule is CC(COc1ccccc1)NC(C)[C@H](O)c1ccc(O)cc1.Cl. The van der Waals surface area contributed by atoms with Crippen molar-refractivity contribution in [3.63, 3.8) is 0 Å². The first kappa shape index (κ1) is 19.3. The lowest BCUT2D eigenvalue weighted by molar-refractivity contribution is 0.124. The highest BCUT2D eigenvalue weighted by molar-refractivity contribution is 5.85. The summed E-state index contributed by atoms with van der Waals surface area (Å²) in [5, 5.41) is 22.9. The van der Waals surface area contributed by atoms with E-state index in [-0.39, 0.29) is 30.2 Å². The van der Waals surface area contributed by atoms with Crippen molar-refractivity contribution in [3.8, 4) is 11.5 Å². The standard InChI is InChI=1S/C18H23NO3.ClH/c1-13(12-22-17-6-4-3-5-7-17)19-14(2)18(21)15-8-10-16(20)11-9-15;/h3-11,13-14,18-21H,12H2,1-2H3;1H/t13?,14?,18-;/m0./s1. The number of aliphatic hydroxyl groups is 1. The highest BCUT2D eigenvalue weighted by Crippen LogP contribution is 2.20. The number of hydrogen-bond donors (Lipinski definition) is 3. The molecule has 126 valence electrons. The van der Waals surface area contributed by atoms with Gasteiger partial charge in [0.1, 0.15) is 18.1 Å². The number of halogens is 1. The fourth-order valence-corrected chi connectivity index (χ4v) is 2.29. The topological polar surface area (TPSA) is 61.7 Å². The number of para-hydroxylation sites is 1.